The van der Waals surface area contributed by atoms with Gasteiger partial charge in [-0.1, -0.05) is 24.3 Å². The summed E-state index contributed by atoms with van der Waals surface area (Å²) in [7, 11) is 0. The van der Waals surface area contributed by atoms with E-state index in [-0.39, 0.29) is 0 Å². The molecule has 0 amide bonds. The maximum absolute atomic E-state index is 2.73. The normalized spacial score (nSPS) is 32.8. The van der Waals surface area contributed by atoms with Crippen molar-refractivity contribution < 1.29 is 0 Å². The van der Waals surface area contributed by atoms with Gasteiger partial charge in [-0.15, -0.1) is 0 Å². The maximum atomic E-state index is 2.73. The second-order valence-electron chi connectivity index (χ2n) is 5.92. The molecule has 1 aromatic carbocycles. The Kier molecular flexibility index (Phi) is 1.92. The van der Waals surface area contributed by atoms with Gasteiger partial charge in [-0.25, -0.2) is 0 Å². The molecule has 16 heavy (non-hydrogen) atoms. The molecular formula is C15H19N. The van der Waals surface area contributed by atoms with E-state index in [2.05, 4.69) is 29.2 Å². The van der Waals surface area contributed by atoms with E-state index in [0.29, 0.717) is 0 Å². The lowest BCUT2D eigenvalue weighted by Gasteiger charge is -2.32. The number of fused-ring (bicyclic) bond motifs is 5. The molecule has 1 saturated heterocycles. The molecule has 84 valence electrons. The number of benzene rings is 1. The van der Waals surface area contributed by atoms with Gasteiger partial charge in [-0.05, 0) is 48.1 Å². The van der Waals surface area contributed by atoms with Gasteiger partial charge in [0.05, 0.1) is 0 Å². The molecule has 2 unspecified atom stereocenters. The van der Waals surface area contributed by atoms with E-state index in [1.807, 2.05) is 0 Å². The van der Waals surface area contributed by atoms with Gasteiger partial charge >= 0.3 is 0 Å². The lowest BCUT2D eigenvalue weighted by Crippen LogP contribution is -2.36. The van der Waals surface area contributed by atoms with Crippen LogP contribution < -0.4 is 0 Å². The van der Waals surface area contributed by atoms with Gasteiger partial charge in [-0.2, -0.15) is 0 Å². The van der Waals surface area contributed by atoms with Crippen LogP contribution in [0.4, 0.5) is 0 Å². The average Bonchev–Trinajstić information content (AvgIpc) is 3.08. The van der Waals surface area contributed by atoms with Gasteiger partial charge in [0, 0.05) is 19.6 Å². The zero-order valence-electron chi connectivity index (χ0n) is 9.73. The van der Waals surface area contributed by atoms with Crippen molar-refractivity contribution in [3.05, 3.63) is 35.4 Å². The van der Waals surface area contributed by atoms with Gasteiger partial charge in [0.15, 0.2) is 0 Å². The highest BCUT2D eigenvalue weighted by molar-refractivity contribution is 5.40. The van der Waals surface area contributed by atoms with E-state index in [0.717, 1.165) is 17.8 Å². The summed E-state index contributed by atoms with van der Waals surface area (Å²) in [5, 5.41) is 0. The van der Waals surface area contributed by atoms with Crippen LogP contribution in [0.3, 0.4) is 0 Å². The molecule has 2 atom stereocenters. The molecule has 1 heterocycles. The molecule has 4 rings (SSSR count). The molecule has 0 spiro atoms. The van der Waals surface area contributed by atoms with Gasteiger partial charge in [0.2, 0.25) is 0 Å². The molecule has 2 bridgehead atoms. The first-order chi connectivity index (χ1) is 7.90. The zero-order valence-corrected chi connectivity index (χ0v) is 9.73. The topological polar surface area (TPSA) is 3.24 Å². The first kappa shape index (κ1) is 9.23. The van der Waals surface area contributed by atoms with Crippen molar-refractivity contribution in [1.29, 1.82) is 0 Å². The van der Waals surface area contributed by atoms with Crippen molar-refractivity contribution in [3.63, 3.8) is 0 Å². The Balaban J connectivity index is 1.60. The Morgan fingerprint density at radius 2 is 1.62 bits per heavy atom. The Labute approximate surface area is 97.5 Å². The molecule has 0 radical (unpaired) electrons. The number of rotatable bonds is 2. The summed E-state index contributed by atoms with van der Waals surface area (Å²) in [5.74, 6) is 2.73. The molecule has 0 N–H and O–H groups in total. The van der Waals surface area contributed by atoms with E-state index < -0.39 is 0 Å². The van der Waals surface area contributed by atoms with Crippen molar-refractivity contribution in [2.24, 2.45) is 5.92 Å². The minimum Gasteiger partial charge on any atom is -0.302 e. The summed E-state index contributed by atoms with van der Waals surface area (Å²) < 4.78 is 0. The third-order valence-corrected chi connectivity index (χ3v) is 4.62. The van der Waals surface area contributed by atoms with E-state index in [4.69, 9.17) is 0 Å². The van der Waals surface area contributed by atoms with E-state index in [1.165, 1.54) is 38.9 Å². The summed E-state index contributed by atoms with van der Waals surface area (Å²) in [5.41, 5.74) is 3.32. The highest BCUT2D eigenvalue weighted by Crippen LogP contribution is 2.46. The second kappa shape index (κ2) is 3.33. The third-order valence-electron chi connectivity index (χ3n) is 4.62. The monoisotopic (exact) mass is 213 g/mol. The van der Waals surface area contributed by atoms with Crippen LogP contribution in [-0.2, 0) is 0 Å². The number of hydrogen-bond acceptors (Lipinski definition) is 1. The first-order valence-electron chi connectivity index (χ1n) is 6.71. The van der Waals surface area contributed by atoms with Crippen LogP contribution in [0, 0.1) is 5.92 Å². The highest BCUT2D eigenvalue weighted by Gasteiger charge is 2.38. The molecule has 3 aliphatic rings. The third kappa shape index (κ3) is 1.41. The van der Waals surface area contributed by atoms with Crippen LogP contribution in [0.25, 0.3) is 0 Å². The lowest BCUT2D eigenvalue weighted by molar-refractivity contribution is 0.196. The average molecular weight is 213 g/mol. The number of likely N-dealkylation sites (tertiary alicyclic amines) is 1. The lowest BCUT2D eigenvalue weighted by atomic mass is 9.95. The molecule has 0 aromatic heterocycles. The van der Waals surface area contributed by atoms with E-state index in [9.17, 15) is 0 Å². The Morgan fingerprint density at radius 1 is 1.00 bits per heavy atom. The number of nitrogens with zero attached hydrogens (tertiary/aromatic N) is 1. The Morgan fingerprint density at radius 3 is 2.19 bits per heavy atom. The summed E-state index contributed by atoms with van der Waals surface area (Å²) in [6.07, 6.45) is 4.39. The molecule has 1 saturated carbocycles. The first-order valence-corrected chi connectivity index (χ1v) is 6.71. The number of hydrogen-bond donors (Lipinski definition) is 0. The fourth-order valence-electron chi connectivity index (χ4n) is 3.71. The summed E-state index contributed by atoms with van der Waals surface area (Å²) in [4.78, 5) is 2.73. The molecular weight excluding hydrogens is 194 g/mol. The fourth-order valence-corrected chi connectivity index (χ4v) is 3.71. The molecule has 2 aliphatic carbocycles. The highest BCUT2D eigenvalue weighted by atomic mass is 15.1. The molecule has 1 heteroatoms. The van der Waals surface area contributed by atoms with Crippen LogP contribution in [0.15, 0.2) is 24.3 Å². The minimum atomic E-state index is 0.841. The second-order valence-corrected chi connectivity index (χ2v) is 5.92. The van der Waals surface area contributed by atoms with Crippen LogP contribution in [0.2, 0.25) is 0 Å². The van der Waals surface area contributed by atoms with Crippen molar-refractivity contribution in [2.45, 2.75) is 31.1 Å². The SMILES string of the molecule is c1ccc2c(c1)C1CC2CN(CC2CC2)C1. The van der Waals surface area contributed by atoms with Crippen LogP contribution >= 0.6 is 0 Å². The van der Waals surface area contributed by atoms with Crippen LogP contribution in [-0.4, -0.2) is 24.5 Å². The molecule has 1 nitrogen and oxygen atoms in total. The van der Waals surface area contributed by atoms with E-state index >= 15 is 0 Å². The standard InChI is InChI=1S/C15H19N/c1-2-4-15-13-7-12(14(15)3-1)9-16(10-13)8-11-5-6-11/h1-4,11-13H,5-10H2. The predicted molar refractivity (Wildman–Crippen MR) is 65.7 cm³/mol. The van der Waals surface area contributed by atoms with Gasteiger partial charge < -0.3 is 4.90 Å². The Bertz CT molecular complexity index is 377. The molecule has 1 aliphatic heterocycles. The van der Waals surface area contributed by atoms with Crippen LogP contribution in [0.5, 0.6) is 0 Å². The predicted octanol–water partition coefficient (Wildman–Crippen LogP) is 2.98. The smallest absolute Gasteiger partial charge is 0.00510 e. The number of piperidine rings is 1. The summed E-state index contributed by atoms with van der Waals surface area (Å²) in [6, 6.07) is 9.15. The largest absolute Gasteiger partial charge is 0.302 e. The van der Waals surface area contributed by atoms with E-state index in [1.54, 1.807) is 11.1 Å². The van der Waals surface area contributed by atoms with Crippen molar-refractivity contribution in [3.8, 4) is 0 Å². The minimum absolute atomic E-state index is 0.841. The van der Waals surface area contributed by atoms with Gasteiger partial charge in [0.1, 0.15) is 0 Å². The van der Waals surface area contributed by atoms with Crippen LogP contribution in [0.1, 0.15) is 42.2 Å². The summed E-state index contributed by atoms with van der Waals surface area (Å²) in [6.45, 7) is 4.02. The van der Waals surface area contributed by atoms with Gasteiger partial charge in [-0.3, -0.25) is 0 Å². The quantitative estimate of drug-likeness (QED) is 0.730. The molecule has 2 fully saturated rings. The Hall–Kier alpha value is -0.820. The van der Waals surface area contributed by atoms with Crippen molar-refractivity contribution >= 4 is 0 Å². The van der Waals surface area contributed by atoms with Crippen molar-refractivity contribution in [1.82, 2.24) is 4.90 Å². The van der Waals surface area contributed by atoms with Crippen molar-refractivity contribution in [2.75, 3.05) is 19.6 Å². The maximum Gasteiger partial charge on any atom is 0.00510 e. The fraction of sp³-hybridized carbons (Fsp3) is 0.600. The summed E-state index contributed by atoms with van der Waals surface area (Å²) >= 11 is 0. The molecule has 1 aromatic rings. The zero-order chi connectivity index (χ0) is 10.5. The van der Waals surface area contributed by atoms with Gasteiger partial charge in [0.25, 0.3) is 0 Å².